The van der Waals surface area contributed by atoms with Crippen molar-refractivity contribution in [3.63, 3.8) is 0 Å². The maximum absolute atomic E-state index is 12.5. The fourth-order valence-electron chi connectivity index (χ4n) is 2.05. The zero-order valence-electron chi connectivity index (χ0n) is 13.1. The zero-order chi connectivity index (χ0) is 15.9. The second kappa shape index (κ2) is 7.90. The molecule has 0 radical (unpaired) electrons. The lowest BCUT2D eigenvalue weighted by atomic mass is 10.2. The summed E-state index contributed by atoms with van der Waals surface area (Å²) in [6.07, 6.45) is 0.104. The summed E-state index contributed by atoms with van der Waals surface area (Å²) < 4.78 is 5.65. The molecule has 4 heteroatoms. The summed E-state index contributed by atoms with van der Waals surface area (Å²) in [4.78, 5) is 13.5. The minimum atomic E-state index is -0.0988. The van der Waals surface area contributed by atoms with Crippen molar-refractivity contribution >= 4 is 23.4 Å². The molecule has 0 saturated heterocycles. The molecule has 3 nitrogen and oxygen atoms in total. The highest BCUT2D eigenvalue weighted by molar-refractivity contribution is 7.99. The van der Waals surface area contributed by atoms with Crippen LogP contribution >= 0.6 is 11.8 Å². The van der Waals surface area contributed by atoms with E-state index >= 15 is 0 Å². The van der Waals surface area contributed by atoms with Crippen LogP contribution in [-0.2, 0) is 0 Å². The molecular formula is C18H21NO2S. The van der Waals surface area contributed by atoms with Gasteiger partial charge in [-0.15, -0.1) is 11.8 Å². The third-order valence-corrected chi connectivity index (χ3v) is 3.85. The van der Waals surface area contributed by atoms with Crippen LogP contribution in [0.1, 0.15) is 31.1 Å². The lowest BCUT2D eigenvalue weighted by molar-refractivity contribution is 0.102. The molecule has 0 unspecified atom stereocenters. The Bertz CT molecular complexity index is 640. The number of benzene rings is 2. The fourth-order valence-corrected chi connectivity index (χ4v) is 2.86. The van der Waals surface area contributed by atoms with E-state index in [0.29, 0.717) is 5.56 Å². The standard InChI is InChI=1S/C18H21NO2S/c1-4-22-17-11-6-5-10-16(17)18(20)19-14-8-7-9-15(12-14)21-13(2)3/h5-13H,4H2,1-3H3,(H,19,20). The Morgan fingerprint density at radius 2 is 1.95 bits per heavy atom. The molecule has 1 N–H and O–H groups in total. The Hall–Kier alpha value is -1.94. The number of nitrogens with one attached hydrogen (secondary N) is 1. The molecular weight excluding hydrogens is 294 g/mol. The van der Waals surface area contributed by atoms with Gasteiger partial charge in [-0.25, -0.2) is 0 Å². The minimum Gasteiger partial charge on any atom is -0.491 e. The van der Waals surface area contributed by atoms with Crippen LogP contribution in [0.5, 0.6) is 5.75 Å². The molecule has 2 rings (SSSR count). The molecule has 0 spiro atoms. The molecule has 2 aromatic carbocycles. The van der Waals surface area contributed by atoms with Crippen molar-refractivity contribution < 1.29 is 9.53 Å². The second-order valence-corrected chi connectivity index (χ2v) is 6.38. The van der Waals surface area contributed by atoms with Gasteiger partial charge in [-0.3, -0.25) is 4.79 Å². The maximum Gasteiger partial charge on any atom is 0.256 e. The van der Waals surface area contributed by atoms with Crippen molar-refractivity contribution in [2.45, 2.75) is 31.8 Å². The molecule has 0 fully saturated rings. The Balaban J connectivity index is 2.15. The largest absolute Gasteiger partial charge is 0.491 e. The summed E-state index contributed by atoms with van der Waals surface area (Å²) in [5.74, 6) is 1.59. The molecule has 116 valence electrons. The van der Waals surface area contributed by atoms with Crippen LogP contribution < -0.4 is 10.1 Å². The average molecular weight is 315 g/mol. The first kappa shape index (κ1) is 16.4. The lowest BCUT2D eigenvalue weighted by Gasteiger charge is -2.12. The summed E-state index contributed by atoms with van der Waals surface area (Å²) >= 11 is 1.67. The Morgan fingerprint density at radius 3 is 2.68 bits per heavy atom. The third kappa shape index (κ3) is 4.53. The van der Waals surface area contributed by atoms with E-state index in [9.17, 15) is 4.79 Å². The van der Waals surface area contributed by atoms with E-state index in [2.05, 4.69) is 12.2 Å². The predicted molar refractivity (Wildman–Crippen MR) is 93.0 cm³/mol. The van der Waals surface area contributed by atoms with Gasteiger partial charge in [0, 0.05) is 16.6 Å². The number of amides is 1. The van der Waals surface area contributed by atoms with Crippen LogP contribution in [-0.4, -0.2) is 17.8 Å². The van der Waals surface area contributed by atoms with Crippen LogP contribution in [0.2, 0.25) is 0 Å². The zero-order valence-corrected chi connectivity index (χ0v) is 13.9. The molecule has 22 heavy (non-hydrogen) atoms. The number of anilines is 1. The van der Waals surface area contributed by atoms with Gasteiger partial charge in [0.25, 0.3) is 5.91 Å². The first-order chi connectivity index (χ1) is 10.6. The molecule has 0 heterocycles. The van der Waals surface area contributed by atoms with Crippen molar-refractivity contribution in [2.24, 2.45) is 0 Å². The van der Waals surface area contributed by atoms with E-state index in [0.717, 1.165) is 22.1 Å². The van der Waals surface area contributed by atoms with E-state index in [-0.39, 0.29) is 12.0 Å². The summed E-state index contributed by atoms with van der Waals surface area (Å²) in [7, 11) is 0. The second-order valence-electron chi connectivity index (χ2n) is 5.08. The molecule has 2 aromatic rings. The van der Waals surface area contributed by atoms with Gasteiger partial charge in [0.2, 0.25) is 0 Å². The van der Waals surface area contributed by atoms with E-state index in [4.69, 9.17) is 4.74 Å². The van der Waals surface area contributed by atoms with Crippen molar-refractivity contribution in [1.29, 1.82) is 0 Å². The number of carbonyl (C=O) groups excluding carboxylic acids is 1. The first-order valence-corrected chi connectivity index (χ1v) is 8.38. The molecule has 0 atom stereocenters. The monoisotopic (exact) mass is 315 g/mol. The highest BCUT2D eigenvalue weighted by Gasteiger charge is 2.11. The van der Waals surface area contributed by atoms with Crippen LogP contribution in [0.4, 0.5) is 5.69 Å². The Kier molecular flexibility index (Phi) is 5.90. The van der Waals surface area contributed by atoms with Gasteiger partial charge in [0.1, 0.15) is 5.75 Å². The van der Waals surface area contributed by atoms with Crippen LogP contribution in [0.15, 0.2) is 53.4 Å². The first-order valence-electron chi connectivity index (χ1n) is 7.40. The third-order valence-electron chi connectivity index (χ3n) is 2.90. The van der Waals surface area contributed by atoms with Gasteiger partial charge in [-0.05, 0) is 43.9 Å². The molecule has 0 bridgehead atoms. The van der Waals surface area contributed by atoms with E-state index in [1.54, 1.807) is 11.8 Å². The van der Waals surface area contributed by atoms with Gasteiger partial charge < -0.3 is 10.1 Å². The number of ether oxygens (including phenoxy) is 1. The predicted octanol–water partition coefficient (Wildman–Crippen LogP) is 4.84. The summed E-state index contributed by atoms with van der Waals surface area (Å²) in [5.41, 5.74) is 1.43. The van der Waals surface area contributed by atoms with Crippen LogP contribution in [0, 0.1) is 0 Å². The highest BCUT2D eigenvalue weighted by Crippen LogP contribution is 2.24. The molecule has 1 amide bonds. The normalized spacial score (nSPS) is 10.5. The minimum absolute atomic E-state index is 0.0988. The van der Waals surface area contributed by atoms with Gasteiger partial charge in [0.15, 0.2) is 0 Å². The smallest absolute Gasteiger partial charge is 0.256 e. The quantitative estimate of drug-likeness (QED) is 0.775. The highest BCUT2D eigenvalue weighted by atomic mass is 32.2. The number of thioether (sulfide) groups is 1. The van der Waals surface area contributed by atoms with Gasteiger partial charge in [0.05, 0.1) is 11.7 Å². The SMILES string of the molecule is CCSc1ccccc1C(=O)Nc1cccc(OC(C)C)c1. The number of carbonyl (C=O) groups is 1. The Labute approximate surface area is 136 Å². The Morgan fingerprint density at radius 1 is 1.18 bits per heavy atom. The van der Waals surface area contributed by atoms with Crippen molar-refractivity contribution in [2.75, 3.05) is 11.1 Å². The van der Waals surface area contributed by atoms with E-state index < -0.39 is 0 Å². The van der Waals surface area contributed by atoms with Crippen LogP contribution in [0.25, 0.3) is 0 Å². The lowest BCUT2D eigenvalue weighted by Crippen LogP contribution is -2.13. The number of hydrogen-bond acceptors (Lipinski definition) is 3. The maximum atomic E-state index is 12.5. The van der Waals surface area contributed by atoms with Crippen molar-refractivity contribution in [3.8, 4) is 5.75 Å². The van der Waals surface area contributed by atoms with Crippen molar-refractivity contribution in [1.82, 2.24) is 0 Å². The summed E-state index contributed by atoms with van der Waals surface area (Å²) in [6.45, 7) is 6.03. The van der Waals surface area contributed by atoms with Gasteiger partial charge >= 0.3 is 0 Å². The molecule has 0 saturated carbocycles. The number of rotatable bonds is 6. The average Bonchev–Trinajstić information content (AvgIpc) is 2.47. The van der Waals surface area contributed by atoms with Crippen LogP contribution in [0.3, 0.4) is 0 Å². The summed E-state index contributed by atoms with van der Waals surface area (Å²) in [6, 6.07) is 15.1. The van der Waals surface area contributed by atoms with Gasteiger partial charge in [-0.1, -0.05) is 25.1 Å². The van der Waals surface area contributed by atoms with Crippen molar-refractivity contribution in [3.05, 3.63) is 54.1 Å². The fraction of sp³-hybridized carbons (Fsp3) is 0.278. The van der Waals surface area contributed by atoms with E-state index in [1.165, 1.54) is 0 Å². The topological polar surface area (TPSA) is 38.3 Å². The van der Waals surface area contributed by atoms with Gasteiger partial charge in [-0.2, -0.15) is 0 Å². The molecule has 0 aliphatic rings. The number of hydrogen-bond donors (Lipinski definition) is 1. The molecule has 0 aromatic heterocycles. The molecule has 0 aliphatic heterocycles. The molecule has 0 aliphatic carbocycles. The summed E-state index contributed by atoms with van der Waals surface area (Å²) in [5, 5.41) is 2.94. The van der Waals surface area contributed by atoms with E-state index in [1.807, 2.05) is 62.4 Å².